The maximum Gasteiger partial charge on any atom is 0.293 e. The molecule has 1 aliphatic heterocycles. The van der Waals surface area contributed by atoms with Crippen LogP contribution in [0.4, 0.5) is 5.69 Å². The van der Waals surface area contributed by atoms with E-state index in [9.17, 15) is 9.59 Å². The number of carbonyl (C=O) groups is 2. The van der Waals surface area contributed by atoms with Gasteiger partial charge in [-0.15, -0.1) is 0 Å². The maximum absolute atomic E-state index is 13.1. The number of amides is 2. The molecule has 1 aromatic heterocycles. The lowest BCUT2D eigenvalue weighted by Gasteiger charge is -2.40. The van der Waals surface area contributed by atoms with Crippen molar-refractivity contribution in [3.05, 3.63) is 72.1 Å². The Bertz CT molecular complexity index is 1060. The standard InChI is InChI=1S/C25H27N3O3/c1-3-4-12-22-16-27(21-13-8-11-20(15-21)19-9-6-5-7-10-19)24(29)17-28(22)25(30)23-14-18(2)26-31-23/h5-11,13-15,22H,3-4,12,16-17H2,1-2H3/t22-/m0/s1. The van der Waals surface area contributed by atoms with Crippen LogP contribution in [0, 0.1) is 6.92 Å². The first-order chi connectivity index (χ1) is 15.1. The summed E-state index contributed by atoms with van der Waals surface area (Å²) in [6, 6.07) is 19.7. The number of aryl methyl sites for hydroxylation is 1. The molecule has 1 atom stereocenters. The van der Waals surface area contributed by atoms with Gasteiger partial charge in [0.1, 0.15) is 6.54 Å². The van der Waals surface area contributed by atoms with Crippen molar-refractivity contribution in [1.29, 1.82) is 0 Å². The van der Waals surface area contributed by atoms with Gasteiger partial charge in [0, 0.05) is 18.3 Å². The van der Waals surface area contributed by atoms with E-state index in [1.807, 2.05) is 47.4 Å². The number of benzene rings is 2. The van der Waals surface area contributed by atoms with Gasteiger partial charge >= 0.3 is 0 Å². The Morgan fingerprint density at radius 2 is 1.87 bits per heavy atom. The largest absolute Gasteiger partial charge is 0.351 e. The van der Waals surface area contributed by atoms with Crippen LogP contribution in [0.15, 0.2) is 65.2 Å². The number of nitrogens with zero attached hydrogens (tertiary/aromatic N) is 3. The zero-order valence-electron chi connectivity index (χ0n) is 18.0. The van der Waals surface area contributed by atoms with E-state index < -0.39 is 0 Å². The molecule has 1 aliphatic rings. The zero-order valence-corrected chi connectivity index (χ0v) is 18.0. The van der Waals surface area contributed by atoms with Crippen molar-refractivity contribution in [2.45, 2.75) is 39.2 Å². The van der Waals surface area contributed by atoms with E-state index >= 15 is 0 Å². The molecule has 0 spiro atoms. The second-order valence-electron chi connectivity index (χ2n) is 7.98. The molecule has 6 nitrogen and oxygen atoms in total. The molecule has 2 aromatic carbocycles. The number of carbonyl (C=O) groups excluding carboxylic acids is 2. The molecule has 0 aliphatic carbocycles. The Hall–Kier alpha value is -3.41. The molecule has 0 N–H and O–H groups in total. The van der Waals surface area contributed by atoms with Gasteiger partial charge in [-0.05, 0) is 36.6 Å². The van der Waals surface area contributed by atoms with Crippen molar-refractivity contribution < 1.29 is 14.1 Å². The van der Waals surface area contributed by atoms with Gasteiger partial charge in [0.15, 0.2) is 0 Å². The average Bonchev–Trinajstić information content (AvgIpc) is 3.24. The molecule has 3 aromatic rings. The number of rotatable bonds is 6. The van der Waals surface area contributed by atoms with Gasteiger partial charge < -0.3 is 14.3 Å². The van der Waals surface area contributed by atoms with Crippen LogP contribution in [0.3, 0.4) is 0 Å². The smallest absolute Gasteiger partial charge is 0.293 e. The predicted octanol–water partition coefficient (Wildman–Crippen LogP) is 4.70. The summed E-state index contributed by atoms with van der Waals surface area (Å²) in [5.41, 5.74) is 3.67. The molecule has 31 heavy (non-hydrogen) atoms. The summed E-state index contributed by atoms with van der Waals surface area (Å²) in [6.45, 7) is 4.40. The molecule has 0 radical (unpaired) electrons. The van der Waals surface area contributed by atoms with E-state index in [-0.39, 0.29) is 30.2 Å². The van der Waals surface area contributed by atoms with Crippen LogP contribution in [0.5, 0.6) is 0 Å². The summed E-state index contributed by atoms with van der Waals surface area (Å²) in [7, 11) is 0. The van der Waals surface area contributed by atoms with Gasteiger partial charge in [-0.1, -0.05) is 67.4 Å². The van der Waals surface area contributed by atoms with E-state index in [0.29, 0.717) is 12.2 Å². The van der Waals surface area contributed by atoms with E-state index in [0.717, 1.165) is 36.1 Å². The molecular formula is C25H27N3O3. The fourth-order valence-electron chi connectivity index (χ4n) is 4.04. The second kappa shape index (κ2) is 9.16. The zero-order chi connectivity index (χ0) is 21.8. The maximum atomic E-state index is 13.1. The van der Waals surface area contributed by atoms with E-state index in [1.54, 1.807) is 17.9 Å². The van der Waals surface area contributed by atoms with Gasteiger partial charge in [0.2, 0.25) is 11.7 Å². The third kappa shape index (κ3) is 4.53. The highest BCUT2D eigenvalue weighted by Gasteiger charge is 2.37. The lowest BCUT2D eigenvalue weighted by molar-refractivity contribution is -0.121. The van der Waals surface area contributed by atoms with Crippen molar-refractivity contribution in [3.63, 3.8) is 0 Å². The monoisotopic (exact) mass is 417 g/mol. The Morgan fingerprint density at radius 1 is 1.10 bits per heavy atom. The minimum Gasteiger partial charge on any atom is -0.351 e. The van der Waals surface area contributed by atoms with Crippen molar-refractivity contribution in [1.82, 2.24) is 10.1 Å². The van der Waals surface area contributed by atoms with Gasteiger partial charge in [0.25, 0.3) is 5.91 Å². The van der Waals surface area contributed by atoms with Gasteiger partial charge in [-0.3, -0.25) is 9.59 Å². The first kappa shape index (κ1) is 20.8. The topological polar surface area (TPSA) is 66.7 Å². The first-order valence-corrected chi connectivity index (χ1v) is 10.8. The Balaban J connectivity index is 1.60. The highest BCUT2D eigenvalue weighted by Crippen LogP contribution is 2.28. The summed E-state index contributed by atoms with van der Waals surface area (Å²) >= 11 is 0. The lowest BCUT2D eigenvalue weighted by atomic mass is 10.0. The molecule has 0 saturated carbocycles. The highest BCUT2D eigenvalue weighted by atomic mass is 16.5. The quantitative estimate of drug-likeness (QED) is 0.583. The Morgan fingerprint density at radius 3 is 2.58 bits per heavy atom. The number of anilines is 1. The molecule has 160 valence electrons. The predicted molar refractivity (Wildman–Crippen MR) is 120 cm³/mol. The SMILES string of the molecule is CCCC[C@H]1CN(c2cccc(-c3ccccc3)c2)C(=O)CN1C(=O)c1cc(C)no1. The van der Waals surface area contributed by atoms with Gasteiger partial charge in [-0.25, -0.2) is 0 Å². The summed E-state index contributed by atoms with van der Waals surface area (Å²) in [4.78, 5) is 29.6. The summed E-state index contributed by atoms with van der Waals surface area (Å²) < 4.78 is 5.18. The normalized spacial score (nSPS) is 16.6. The number of hydrogen-bond donors (Lipinski definition) is 0. The van der Waals surface area contributed by atoms with Crippen molar-refractivity contribution in [2.75, 3.05) is 18.0 Å². The lowest BCUT2D eigenvalue weighted by Crippen LogP contribution is -2.58. The van der Waals surface area contributed by atoms with Crippen LogP contribution in [0.25, 0.3) is 11.1 Å². The third-order valence-electron chi connectivity index (χ3n) is 5.70. The van der Waals surface area contributed by atoms with Crippen LogP contribution in [-0.2, 0) is 4.79 Å². The number of aromatic nitrogens is 1. The summed E-state index contributed by atoms with van der Waals surface area (Å²) in [5, 5.41) is 3.82. The number of unbranched alkanes of at least 4 members (excludes halogenated alkanes) is 1. The van der Waals surface area contributed by atoms with Crippen LogP contribution in [0.2, 0.25) is 0 Å². The van der Waals surface area contributed by atoms with E-state index in [4.69, 9.17) is 4.52 Å². The highest BCUT2D eigenvalue weighted by molar-refractivity contribution is 6.01. The molecule has 4 rings (SSSR count). The Kier molecular flexibility index (Phi) is 6.16. The fraction of sp³-hybridized carbons (Fsp3) is 0.320. The van der Waals surface area contributed by atoms with Crippen molar-refractivity contribution in [2.24, 2.45) is 0 Å². The fourth-order valence-corrected chi connectivity index (χ4v) is 4.04. The third-order valence-corrected chi connectivity index (χ3v) is 5.70. The number of piperazine rings is 1. The van der Waals surface area contributed by atoms with Crippen molar-refractivity contribution >= 4 is 17.5 Å². The van der Waals surface area contributed by atoms with E-state index in [2.05, 4.69) is 24.2 Å². The minimum atomic E-state index is -0.271. The van der Waals surface area contributed by atoms with E-state index in [1.165, 1.54) is 0 Å². The van der Waals surface area contributed by atoms with Gasteiger partial charge in [-0.2, -0.15) is 0 Å². The van der Waals surface area contributed by atoms with Gasteiger partial charge in [0.05, 0.1) is 11.7 Å². The summed E-state index contributed by atoms with van der Waals surface area (Å²) in [5.74, 6) is -0.179. The summed E-state index contributed by atoms with van der Waals surface area (Å²) in [6.07, 6.45) is 2.84. The van der Waals surface area contributed by atoms with Crippen LogP contribution < -0.4 is 4.90 Å². The van der Waals surface area contributed by atoms with Crippen LogP contribution >= 0.6 is 0 Å². The first-order valence-electron chi connectivity index (χ1n) is 10.8. The molecule has 2 heterocycles. The molecule has 0 bridgehead atoms. The van der Waals surface area contributed by atoms with Crippen LogP contribution in [-0.4, -0.2) is 41.0 Å². The van der Waals surface area contributed by atoms with Crippen molar-refractivity contribution in [3.8, 4) is 11.1 Å². The Labute approximate surface area is 182 Å². The minimum absolute atomic E-state index is 0.0303. The molecule has 1 fully saturated rings. The molecular weight excluding hydrogens is 390 g/mol. The molecule has 6 heteroatoms. The average molecular weight is 418 g/mol. The number of hydrogen-bond acceptors (Lipinski definition) is 4. The molecule has 2 amide bonds. The molecule has 1 saturated heterocycles. The molecule has 0 unspecified atom stereocenters. The van der Waals surface area contributed by atoms with Crippen LogP contribution in [0.1, 0.15) is 42.4 Å². The second-order valence-corrected chi connectivity index (χ2v) is 7.98.